The highest BCUT2D eigenvalue weighted by molar-refractivity contribution is 5.95. The molecule has 0 unspecified atom stereocenters. The van der Waals surface area contributed by atoms with Gasteiger partial charge in [0.2, 0.25) is 0 Å². The second kappa shape index (κ2) is 5.61. The van der Waals surface area contributed by atoms with Crippen molar-refractivity contribution in [2.24, 2.45) is 0 Å². The zero-order chi connectivity index (χ0) is 13.8. The zero-order valence-electron chi connectivity index (χ0n) is 11.5. The monoisotopic (exact) mass is 257 g/mol. The van der Waals surface area contributed by atoms with Crippen molar-refractivity contribution in [3.05, 3.63) is 53.3 Å². The molecule has 1 amide bonds. The number of nitrogens with one attached hydrogen (secondary N) is 2. The topological polar surface area (TPSA) is 48.1 Å². The van der Waals surface area contributed by atoms with E-state index in [-0.39, 0.29) is 5.91 Å². The standard InChI is InChI=1S/C15H19N3O/c1-11-4-5-13(15(19)18(2)3)8-14(11)17-10-12-6-7-16-9-12/h4-9,16-17H,10H2,1-3H3. The first-order chi connectivity index (χ1) is 9.08. The van der Waals surface area contributed by atoms with Gasteiger partial charge in [0.1, 0.15) is 0 Å². The quantitative estimate of drug-likeness (QED) is 0.884. The van der Waals surface area contributed by atoms with Crippen LogP contribution in [-0.4, -0.2) is 29.9 Å². The second-order valence-electron chi connectivity index (χ2n) is 4.80. The van der Waals surface area contributed by atoms with Crippen molar-refractivity contribution < 1.29 is 4.79 Å². The summed E-state index contributed by atoms with van der Waals surface area (Å²) in [6, 6.07) is 7.76. The lowest BCUT2D eigenvalue weighted by molar-refractivity contribution is 0.0827. The normalized spacial score (nSPS) is 10.3. The average molecular weight is 257 g/mol. The van der Waals surface area contributed by atoms with E-state index < -0.39 is 0 Å². The molecule has 0 aliphatic carbocycles. The third-order valence-corrected chi connectivity index (χ3v) is 3.04. The van der Waals surface area contributed by atoms with Gasteiger partial charge in [-0.15, -0.1) is 0 Å². The predicted molar refractivity (Wildman–Crippen MR) is 77.3 cm³/mol. The van der Waals surface area contributed by atoms with Gasteiger partial charge in [-0.1, -0.05) is 6.07 Å². The Hall–Kier alpha value is -2.23. The Morgan fingerprint density at radius 1 is 1.32 bits per heavy atom. The number of rotatable bonds is 4. The van der Waals surface area contributed by atoms with Crippen molar-refractivity contribution in [3.8, 4) is 0 Å². The summed E-state index contributed by atoms with van der Waals surface area (Å²) in [5.74, 6) is 0.0182. The summed E-state index contributed by atoms with van der Waals surface area (Å²) >= 11 is 0. The molecular weight excluding hydrogens is 238 g/mol. The van der Waals surface area contributed by atoms with Crippen molar-refractivity contribution in [3.63, 3.8) is 0 Å². The first kappa shape index (κ1) is 13.2. The van der Waals surface area contributed by atoms with E-state index >= 15 is 0 Å². The van der Waals surface area contributed by atoms with E-state index in [0.717, 1.165) is 17.8 Å². The molecular formula is C15H19N3O. The molecule has 0 fully saturated rings. The van der Waals surface area contributed by atoms with E-state index in [2.05, 4.69) is 10.3 Å². The fraction of sp³-hybridized carbons (Fsp3) is 0.267. The lowest BCUT2D eigenvalue weighted by Crippen LogP contribution is -2.21. The number of carbonyl (C=O) groups is 1. The van der Waals surface area contributed by atoms with Crippen LogP contribution in [0.2, 0.25) is 0 Å². The molecule has 4 heteroatoms. The molecule has 0 spiro atoms. The van der Waals surface area contributed by atoms with Gasteiger partial charge in [-0.05, 0) is 36.2 Å². The Labute approximate surface area is 113 Å². The molecule has 0 aliphatic rings. The number of nitrogens with zero attached hydrogens (tertiary/aromatic N) is 1. The maximum atomic E-state index is 11.9. The molecule has 1 aromatic carbocycles. The zero-order valence-corrected chi connectivity index (χ0v) is 11.5. The van der Waals surface area contributed by atoms with Crippen LogP contribution in [0, 0.1) is 6.92 Å². The van der Waals surface area contributed by atoms with E-state index in [1.807, 2.05) is 43.6 Å². The molecule has 19 heavy (non-hydrogen) atoms. The fourth-order valence-corrected chi connectivity index (χ4v) is 1.87. The minimum atomic E-state index is 0.0182. The van der Waals surface area contributed by atoms with Gasteiger partial charge in [-0.3, -0.25) is 4.79 Å². The van der Waals surface area contributed by atoms with Gasteiger partial charge in [0.15, 0.2) is 0 Å². The van der Waals surface area contributed by atoms with E-state index in [4.69, 9.17) is 0 Å². The van der Waals surface area contributed by atoms with E-state index in [1.165, 1.54) is 5.56 Å². The number of H-pyrrole nitrogens is 1. The molecule has 0 atom stereocenters. The molecule has 4 nitrogen and oxygen atoms in total. The van der Waals surface area contributed by atoms with Crippen LogP contribution in [0.3, 0.4) is 0 Å². The van der Waals surface area contributed by atoms with E-state index in [9.17, 15) is 4.79 Å². The highest BCUT2D eigenvalue weighted by Gasteiger charge is 2.09. The van der Waals surface area contributed by atoms with Gasteiger partial charge >= 0.3 is 0 Å². The Kier molecular flexibility index (Phi) is 3.90. The molecule has 0 aliphatic heterocycles. The second-order valence-corrected chi connectivity index (χ2v) is 4.80. The van der Waals surface area contributed by atoms with Crippen molar-refractivity contribution in [2.45, 2.75) is 13.5 Å². The SMILES string of the molecule is Cc1ccc(C(=O)N(C)C)cc1NCc1cc[nH]c1. The molecule has 0 radical (unpaired) electrons. The van der Waals surface area contributed by atoms with Gasteiger partial charge in [0.05, 0.1) is 0 Å². The largest absolute Gasteiger partial charge is 0.381 e. The number of hydrogen-bond donors (Lipinski definition) is 2. The Balaban J connectivity index is 2.15. The van der Waals surface area contributed by atoms with Crippen LogP contribution in [0.1, 0.15) is 21.5 Å². The summed E-state index contributed by atoms with van der Waals surface area (Å²) in [5, 5.41) is 3.36. The maximum Gasteiger partial charge on any atom is 0.253 e. The van der Waals surface area contributed by atoms with E-state index in [0.29, 0.717) is 5.56 Å². The number of aryl methyl sites for hydroxylation is 1. The van der Waals surface area contributed by atoms with Crippen molar-refractivity contribution in [1.29, 1.82) is 0 Å². The van der Waals surface area contributed by atoms with Crippen LogP contribution < -0.4 is 5.32 Å². The number of aromatic amines is 1. The van der Waals surface area contributed by atoms with Crippen LogP contribution in [0.25, 0.3) is 0 Å². The Morgan fingerprint density at radius 3 is 2.74 bits per heavy atom. The van der Waals surface area contributed by atoms with Gasteiger partial charge in [-0.2, -0.15) is 0 Å². The lowest BCUT2D eigenvalue weighted by atomic mass is 10.1. The molecule has 2 aromatic rings. The maximum absolute atomic E-state index is 11.9. The molecule has 0 saturated carbocycles. The number of aromatic nitrogens is 1. The number of anilines is 1. The lowest BCUT2D eigenvalue weighted by Gasteiger charge is -2.14. The smallest absolute Gasteiger partial charge is 0.253 e. The number of hydrogen-bond acceptors (Lipinski definition) is 2. The van der Waals surface area contributed by atoms with Crippen LogP contribution in [0.4, 0.5) is 5.69 Å². The van der Waals surface area contributed by atoms with Crippen molar-refractivity contribution >= 4 is 11.6 Å². The number of amides is 1. The summed E-state index contributed by atoms with van der Waals surface area (Å²) in [5.41, 5.74) is 4.01. The molecule has 2 N–H and O–H groups in total. The summed E-state index contributed by atoms with van der Waals surface area (Å²) < 4.78 is 0. The molecule has 1 heterocycles. The Morgan fingerprint density at radius 2 is 2.11 bits per heavy atom. The number of benzene rings is 1. The predicted octanol–water partition coefficient (Wildman–Crippen LogP) is 2.64. The summed E-state index contributed by atoms with van der Waals surface area (Å²) in [7, 11) is 3.52. The van der Waals surface area contributed by atoms with E-state index in [1.54, 1.807) is 19.0 Å². The van der Waals surface area contributed by atoms with Crippen molar-refractivity contribution in [2.75, 3.05) is 19.4 Å². The summed E-state index contributed by atoms with van der Waals surface area (Å²) in [4.78, 5) is 16.5. The molecule has 0 saturated heterocycles. The Bertz CT molecular complexity index is 559. The first-order valence-electron chi connectivity index (χ1n) is 6.26. The highest BCUT2D eigenvalue weighted by atomic mass is 16.2. The van der Waals surface area contributed by atoms with Crippen LogP contribution >= 0.6 is 0 Å². The molecule has 1 aromatic heterocycles. The number of carbonyl (C=O) groups excluding carboxylic acids is 1. The van der Waals surface area contributed by atoms with Crippen LogP contribution in [0.15, 0.2) is 36.7 Å². The average Bonchev–Trinajstić information content (AvgIpc) is 2.90. The molecule has 2 rings (SSSR count). The van der Waals surface area contributed by atoms with Crippen molar-refractivity contribution in [1.82, 2.24) is 9.88 Å². The molecule has 0 bridgehead atoms. The minimum absolute atomic E-state index is 0.0182. The third-order valence-electron chi connectivity index (χ3n) is 3.04. The summed E-state index contributed by atoms with van der Waals surface area (Å²) in [6.07, 6.45) is 3.85. The van der Waals surface area contributed by atoms with Crippen LogP contribution in [0.5, 0.6) is 0 Å². The van der Waals surface area contributed by atoms with Gasteiger partial charge < -0.3 is 15.2 Å². The van der Waals surface area contributed by atoms with Crippen LogP contribution in [-0.2, 0) is 6.54 Å². The van der Waals surface area contributed by atoms with Gasteiger partial charge in [0.25, 0.3) is 5.91 Å². The minimum Gasteiger partial charge on any atom is -0.381 e. The third kappa shape index (κ3) is 3.16. The summed E-state index contributed by atoms with van der Waals surface area (Å²) in [6.45, 7) is 2.77. The van der Waals surface area contributed by atoms with Gasteiger partial charge in [-0.25, -0.2) is 0 Å². The van der Waals surface area contributed by atoms with Gasteiger partial charge in [0, 0.05) is 44.3 Å². The first-order valence-corrected chi connectivity index (χ1v) is 6.26. The highest BCUT2D eigenvalue weighted by Crippen LogP contribution is 2.18. The molecule has 100 valence electrons. The fourth-order valence-electron chi connectivity index (χ4n) is 1.87.